The fourth-order valence-electron chi connectivity index (χ4n) is 12.9. The topological polar surface area (TPSA) is 399 Å². The molecule has 0 spiro atoms. The van der Waals surface area contributed by atoms with Crippen molar-refractivity contribution in [2.75, 3.05) is 0 Å². The van der Waals surface area contributed by atoms with Gasteiger partial charge in [-0.25, -0.2) is 0 Å². The Bertz CT molecular complexity index is 4300. The Morgan fingerprint density at radius 3 is 1.83 bits per heavy atom. The van der Waals surface area contributed by atoms with Gasteiger partial charge in [0.15, 0.2) is 23.0 Å². The number of nitrogens with one attached hydrogen (secondary N) is 7. The zero-order valence-electron chi connectivity index (χ0n) is 47.9. The Hall–Kier alpha value is -10.5. The number of aliphatic hydroxyl groups is 1. The van der Waals surface area contributed by atoms with Gasteiger partial charge in [0.2, 0.25) is 47.1 Å². The number of benzene rings is 7. The largest absolute Gasteiger partial charge is 0.508 e. The smallest absolute Gasteiger partial charge is 0.248 e. The van der Waals surface area contributed by atoms with Crippen LogP contribution in [0.4, 0.5) is 0 Å². The summed E-state index contributed by atoms with van der Waals surface area (Å²) >= 11 is 13.8. The molecule has 8 aliphatic rings. The van der Waals surface area contributed by atoms with Crippen LogP contribution in [0, 0.1) is 11.8 Å². The van der Waals surface area contributed by atoms with Crippen LogP contribution >= 0.6 is 23.2 Å². The summed E-state index contributed by atoms with van der Waals surface area (Å²) < 4.78 is 18.6. The van der Waals surface area contributed by atoms with Crippen LogP contribution in [0.25, 0.3) is 11.1 Å². The molecule has 25 nitrogen and oxygen atoms in total. The SMILES string of the molecule is N[C@@H]1C(=O)N[C@@H]2Cc3ccc(c(Cl)c3)Oc3cc4cc(c3O)Oc3ccc(cc3Cl)[C@@H](O)[C@@H]3NC(=O)[C@H](NC(=O)[C@@H]4NC(=O)[C@@H](NC2=O)c2cc(O)cc(c2)Oc2cc1ccc2O)c1ccc(O)c(c1)-c1c(O)cc(O)cc1[C@@H](C(=O)NC1CC2CCC1C2)NC3=O. The predicted molar refractivity (Wildman–Crippen MR) is 325 cm³/mol. The van der Waals surface area contributed by atoms with E-state index in [0.717, 1.165) is 61.7 Å². The van der Waals surface area contributed by atoms with Crippen LogP contribution in [0.5, 0.6) is 69.0 Å². The molecule has 7 aromatic rings. The number of phenolic OH excluding ortho intramolecular Hbond substituents is 6. The van der Waals surface area contributed by atoms with E-state index < -0.39 is 136 Å². The minimum atomic E-state index is -2.15. The van der Waals surface area contributed by atoms with Crippen molar-refractivity contribution in [1.29, 1.82) is 0 Å². The molecular formula is C65H56Cl2N8O17. The first kappa shape index (κ1) is 60.4. The van der Waals surface area contributed by atoms with Crippen molar-refractivity contribution in [2.24, 2.45) is 17.6 Å². The molecule has 6 aliphatic heterocycles. The maximum Gasteiger partial charge on any atom is 0.248 e. The first-order valence-corrected chi connectivity index (χ1v) is 29.9. The van der Waals surface area contributed by atoms with Crippen LogP contribution in [0.3, 0.4) is 0 Å². The second kappa shape index (κ2) is 23.7. The van der Waals surface area contributed by atoms with E-state index in [1.165, 1.54) is 72.8 Å². The van der Waals surface area contributed by atoms with Gasteiger partial charge < -0.3 is 92.9 Å². The first-order valence-electron chi connectivity index (χ1n) is 29.1. The molecule has 0 saturated heterocycles. The Balaban J connectivity index is 1.00. The molecule has 2 saturated carbocycles. The third-order valence-corrected chi connectivity index (χ3v) is 18.1. The molecule has 0 radical (unpaired) electrons. The number of carbonyl (C=O) groups is 7. The second-order valence-corrected chi connectivity index (χ2v) is 24.4. The average molecular weight is 1290 g/mol. The summed E-state index contributed by atoms with van der Waals surface area (Å²) in [5.74, 6) is -12.6. The zero-order chi connectivity index (χ0) is 64.7. The fourth-order valence-corrected chi connectivity index (χ4v) is 13.4. The number of carbonyl (C=O) groups excluding carboxylic acids is 7. The molecule has 16 N–H and O–H groups in total. The van der Waals surface area contributed by atoms with Gasteiger partial charge in [0.25, 0.3) is 0 Å². The average Bonchev–Trinajstić information content (AvgIpc) is 0.825. The number of hydrogen-bond donors (Lipinski definition) is 15. The molecular weight excluding hydrogens is 1240 g/mol. The van der Waals surface area contributed by atoms with E-state index in [1.54, 1.807) is 0 Å². The number of fused-ring (bicyclic) bond motifs is 16. The van der Waals surface area contributed by atoms with E-state index in [9.17, 15) is 50.1 Å². The lowest BCUT2D eigenvalue weighted by atomic mass is 9.88. The summed E-state index contributed by atoms with van der Waals surface area (Å²) in [6.07, 6.45) is 0.922. The maximum atomic E-state index is 15.9. The van der Waals surface area contributed by atoms with Gasteiger partial charge in [-0.2, -0.15) is 0 Å². The number of halogens is 2. The standard InChI is InChI=1S/C65H56Cl2N8O17/c66-38-12-26-2-9-45(38)91-48-20-32-21-49(58(48)82)92-46-10-6-30(18-39(46)67)57(81)56-65(89)74-55(64(88)69-40-13-25-1-3-27(40)11-25)37-23-34(77)24-44(80)50(37)36-17-29(5-7-42(36)78)52(61(85)75-56)72-63(87)54(32)73-62(86)53-31-15-33(76)22-35(16-31)90-47-19-28(4-8-43(47)79)51(68)60(84)70-41(14-26)59(83)71-53/h2,4-10,12,15-25,27,40-41,51-57,76-82H,1,3,11,13-14,68H2,(H,69,88)(H,70,84)(H,71,83)(H,72,87)(H,73,86)(H,74,89)(H,75,85)/t25?,27?,40?,41-,51+,52-,53+,54-,55+,56+,57-/m1/s1. The van der Waals surface area contributed by atoms with E-state index in [4.69, 9.17) is 43.1 Å². The van der Waals surface area contributed by atoms with E-state index in [0.29, 0.717) is 17.9 Å². The van der Waals surface area contributed by atoms with Gasteiger partial charge in [-0.15, -0.1) is 0 Å². The van der Waals surface area contributed by atoms with Crippen LogP contribution < -0.4 is 57.2 Å². The second-order valence-electron chi connectivity index (χ2n) is 23.6. The third kappa shape index (κ3) is 11.5. The van der Waals surface area contributed by atoms with E-state index >= 15 is 19.2 Å². The molecule has 3 unspecified atom stereocenters. The number of aromatic hydroxyl groups is 6. The van der Waals surface area contributed by atoms with Crippen LogP contribution in [0.2, 0.25) is 10.0 Å². The lowest BCUT2D eigenvalue weighted by Gasteiger charge is -2.32. The molecule has 6 heterocycles. The van der Waals surface area contributed by atoms with Crippen molar-refractivity contribution in [1.82, 2.24) is 37.2 Å². The van der Waals surface area contributed by atoms with Gasteiger partial charge in [-0.05, 0) is 149 Å². The van der Waals surface area contributed by atoms with Crippen molar-refractivity contribution in [3.63, 3.8) is 0 Å². The summed E-state index contributed by atoms with van der Waals surface area (Å²) in [7, 11) is 0. The molecule has 7 aromatic carbocycles. The van der Waals surface area contributed by atoms with Crippen LogP contribution in [-0.4, -0.2) is 95.2 Å². The number of aliphatic hydroxyl groups excluding tert-OH is 1. The number of phenols is 6. The van der Waals surface area contributed by atoms with Gasteiger partial charge in [-0.1, -0.05) is 53.9 Å². The minimum Gasteiger partial charge on any atom is -0.508 e. The Kier molecular flexibility index (Phi) is 15.6. The van der Waals surface area contributed by atoms with Crippen LogP contribution in [0.15, 0.2) is 115 Å². The lowest BCUT2D eigenvalue weighted by Crippen LogP contribution is -2.56. The molecule has 0 aromatic heterocycles. The van der Waals surface area contributed by atoms with Crippen molar-refractivity contribution >= 4 is 64.6 Å². The highest BCUT2D eigenvalue weighted by molar-refractivity contribution is 6.32. The van der Waals surface area contributed by atoms with Crippen molar-refractivity contribution < 1.29 is 83.5 Å². The molecule has 472 valence electrons. The number of nitrogens with two attached hydrogens (primary N) is 1. The molecule has 19 bridgehead atoms. The summed E-state index contributed by atoms with van der Waals surface area (Å²) in [4.78, 5) is 106. The van der Waals surface area contributed by atoms with E-state index in [-0.39, 0.29) is 95.9 Å². The predicted octanol–water partition coefficient (Wildman–Crippen LogP) is 6.21. The Morgan fingerprint density at radius 2 is 1.14 bits per heavy atom. The van der Waals surface area contributed by atoms with Gasteiger partial charge in [0.1, 0.15) is 88.6 Å². The van der Waals surface area contributed by atoms with E-state index in [2.05, 4.69) is 37.2 Å². The van der Waals surface area contributed by atoms with Gasteiger partial charge >= 0.3 is 0 Å². The van der Waals surface area contributed by atoms with Gasteiger partial charge in [-0.3, -0.25) is 33.6 Å². The van der Waals surface area contributed by atoms with Crippen molar-refractivity contribution in [3.05, 3.63) is 164 Å². The molecule has 15 rings (SSSR count). The monoisotopic (exact) mass is 1290 g/mol. The molecule has 7 amide bonds. The molecule has 27 heteroatoms. The minimum absolute atomic E-state index is 0.113. The van der Waals surface area contributed by atoms with Crippen LogP contribution in [-0.2, 0) is 40.0 Å². The Labute approximate surface area is 531 Å². The first-order chi connectivity index (χ1) is 44.0. The number of ether oxygens (including phenoxy) is 3. The summed E-state index contributed by atoms with van der Waals surface area (Å²) in [5.41, 5.74) is 5.21. The van der Waals surface area contributed by atoms with Gasteiger partial charge in [0.05, 0.1) is 10.0 Å². The maximum absolute atomic E-state index is 15.9. The molecule has 92 heavy (non-hydrogen) atoms. The summed E-state index contributed by atoms with van der Waals surface area (Å²) in [5, 5.41) is 99.9. The number of rotatable bonds is 2. The quantitative estimate of drug-likeness (QED) is 0.0915. The van der Waals surface area contributed by atoms with Crippen LogP contribution in [0.1, 0.15) is 101 Å². The summed E-state index contributed by atoms with van der Waals surface area (Å²) in [6, 6.07) is 9.42. The molecule has 2 aliphatic carbocycles. The number of hydrogen-bond acceptors (Lipinski definition) is 18. The highest BCUT2D eigenvalue weighted by Crippen LogP contribution is 2.49. The third-order valence-electron chi connectivity index (χ3n) is 17.5. The molecule has 11 atom stereocenters. The molecule has 2 fully saturated rings. The van der Waals surface area contributed by atoms with Crippen molar-refractivity contribution in [2.45, 2.75) is 86.5 Å². The van der Waals surface area contributed by atoms with E-state index in [1.807, 2.05) is 0 Å². The van der Waals surface area contributed by atoms with Crippen molar-refractivity contribution in [3.8, 4) is 80.1 Å². The lowest BCUT2D eigenvalue weighted by molar-refractivity contribution is -0.137. The summed E-state index contributed by atoms with van der Waals surface area (Å²) in [6.45, 7) is 0. The zero-order valence-corrected chi connectivity index (χ0v) is 49.4. The fraction of sp³-hybridized carbons (Fsp3) is 0.246. The Morgan fingerprint density at radius 1 is 0.522 bits per heavy atom. The highest BCUT2D eigenvalue weighted by atomic mass is 35.5. The number of amides is 7. The van der Waals surface area contributed by atoms with Gasteiger partial charge in [0, 0.05) is 35.7 Å². The normalized spacial score (nSPS) is 25.0. The highest BCUT2D eigenvalue weighted by Gasteiger charge is 2.44.